The first kappa shape index (κ1) is 33.3. The zero-order valence-corrected chi connectivity index (χ0v) is 32.1. The summed E-state index contributed by atoms with van der Waals surface area (Å²) in [6, 6.07) is 78.7. The van der Waals surface area contributed by atoms with Crippen LogP contribution in [-0.2, 0) is 0 Å². The molecule has 12 aromatic rings. The third-order valence-electron chi connectivity index (χ3n) is 11.9. The Morgan fingerprint density at radius 2 is 0.966 bits per heavy atom. The molecule has 276 valence electrons. The lowest BCUT2D eigenvalue weighted by molar-refractivity contribution is 0.669. The van der Waals surface area contributed by atoms with Crippen molar-refractivity contribution in [3.05, 3.63) is 218 Å². The Morgan fingerprint density at radius 1 is 0.339 bits per heavy atom. The van der Waals surface area contributed by atoms with Crippen molar-refractivity contribution in [1.82, 2.24) is 4.57 Å². The molecule has 0 spiro atoms. The van der Waals surface area contributed by atoms with Crippen LogP contribution in [-0.4, -0.2) is 4.57 Å². The third kappa shape index (κ3) is 5.44. The second-order valence-corrected chi connectivity index (χ2v) is 15.3. The molecule has 0 fully saturated rings. The first-order valence-corrected chi connectivity index (χ1v) is 20.2. The van der Waals surface area contributed by atoms with E-state index < -0.39 is 0 Å². The van der Waals surface area contributed by atoms with Crippen LogP contribution in [0.4, 0.5) is 17.1 Å². The Labute approximate surface area is 341 Å². The molecule has 0 atom stereocenters. The number of nitrogens with zero attached hydrogens (tertiary/aromatic N) is 2. The standard InChI is InChI=1S/C56H36N2O/c1-3-13-37(14-4-1)39-23-28-44(29-24-39)57(45-30-25-38-15-7-8-17-41(38)33-45)46-35-50(56-54(36-46)59-53-32-27-40-16-9-10-20-47(40)55(53)56)42-26-31-49-48-21-11-12-22-51(48)58(52(49)34-42)43-18-5-2-6-19-43/h1-36H. The summed E-state index contributed by atoms with van der Waals surface area (Å²) >= 11 is 0. The number of fused-ring (bicyclic) bond motifs is 9. The second kappa shape index (κ2) is 13.4. The highest BCUT2D eigenvalue weighted by atomic mass is 16.3. The molecule has 0 N–H and O–H groups in total. The van der Waals surface area contributed by atoms with E-state index in [1.54, 1.807) is 0 Å². The van der Waals surface area contributed by atoms with E-state index >= 15 is 0 Å². The number of aromatic nitrogens is 1. The zero-order chi connectivity index (χ0) is 38.9. The van der Waals surface area contributed by atoms with E-state index in [0.29, 0.717) is 0 Å². The fourth-order valence-electron chi connectivity index (χ4n) is 9.20. The monoisotopic (exact) mass is 752 g/mol. The molecule has 2 heterocycles. The van der Waals surface area contributed by atoms with Crippen molar-refractivity contribution in [3.8, 4) is 27.9 Å². The van der Waals surface area contributed by atoms with Crippen LogP contribution in [0.25, 0.3) is 93.2 Å². The van der Waals surface area contributed by atoms with Crippen molar-refractivity contribution >= 4 is 82.4 Å². The average molecular weight is 753 g/mol. The van der Waals surface area contributed by atoms with E-state index in [9.17, 15) is 0 Å². The van der Waals surface area contributed by atoms with Crippen LogP contribution >= 0.6 is 0 Å². The fraction of sp³-hybridized carbons (Fsp3) is 0. The topological polar surface area (TPSA) is 21.3 Å². The molecular weight excluding hydrogens is 717 g/mol. The summed E-state index contributed by atoms with van der Waals surface area (Å²) in [5.74, 6) is 0. The normalized spacial score (nSPS) is 11.7. The van der Waals surface area contributed by atoms with Gasteiger partial charge in [0.1, 0.15) is 11.2 Å². The molecule has 0 aliphatic heterocycles. The minimum atomic E-state index is 0.847. The van der Waals surface area contributed by atoms with Gasteiger partial charge in [-0.25, -0.2) is 0 Å². The molecule has 2 aromatic heterocycles. The van der Waals surface area contributed by atoms with Crippen LogP contribution in [0.15, 0.2) is 223 Å². The van der Waals surface area contributed by atoms with Gasteiger partial charge in [-0.2, -0.15) is 0 Å². The Morgan fingerprint density at radius 3 is 1.80 bits per heavy atom. The van der Waals surface area contributed by atoms with Gasteiger partial charge >= 0.3 is 0 Å². The Balaban J connectivity index is 1.15. The smallest absolute Gasteiger partial charge is 0.138 e. The predicted molar refractivity (Wildman–Crippen MR) is 249 cm³/mol. The minimum Gasteiger partial charge on any atom is -0.456 e. The fourth-order valence-corrected chi connectivity index (χ4v) is 9.20. The van der Waals surface area contributed by atoms with Gasteiger partial charge in [-0.05, 0) is 104 Å². The maximum Gasteiger partial charge on any atom is 0.138 e. The molecule has 0 amide bonds. The first-order chi connectivity index (χ1) is 29.2. The quantitative estimate of drug-likeness (QED) is 0.169. The van der Waals surface area contributed by atoms with Crippen molar-refractivity contribution in [2.24, 2.45) is 0 Å². The van der Waals surface area contributed by atoms with Gasteiger partial charge in [0.05, 0.1) is 16.7 Å². The summed E-state index contributed by atoms with van der Waals surface area (Å²) in [7, 11) is 0. The molecule has 3 heteroatoms. The molecule has 0 saturated heterocycles. The summed E-state index contributed by atoms with van der Waals surface area (Å²) in [6.45, 7) is 0. The van der Waals surface area contributed by atoms with Crippen molar-refractivity contribution in [2.45, 2.75) is 0 Å². The lowest BCUT2D eigenvalue weighted by Gasteiger charge is -2.27. The first-order valence-electron chi connectivity index (χ1n) is 20.2. The predicted octanol–water partition coefficient (Wildman–Crippen LogP) is 15.8. The summed E-state index contributed by atoms with van der Waals surface area (Å²) in [5.41, 5.74) is 13.0. The van der Waals surface area contributed by atoms with Crippen molar-refractivity contribution < 1.29 is 4.42 Å². The van der Waals surface area contributed by atoms with Crippen molar-refractivity contribution in [3.63, 3.8) is 0 Å². The lowest BCUT2D eigenvalue weighted by atomic mass is 9.95. The van der Waals surface area contributed by atoms with Crippen molar-refractivity contribution in [2.75, 3.05) is 4.90 Å². The van der Waals surface area contributed by atoms with Gasteiger partial charge in [0.15, 0.2) is 0 Å². The summed E-state index contributed by atoms with van der Waals surface area (Å²) in [4.78, 5) is 2.37. The number of furan rings is 1. The molecule has 59 heavy (non-hydrogen) atoms. The van der Waals surface area contributed by atoms with Gasteiger partial charge in [0.2, 0.25) is 0 Å². The molecular formula is C56H36N2O. The van der Waals surface area contributed by atoms with Gasteiger partial charge in [-0.3, -0.25) is 0 Å². The maximum absolute atomic E-state index is 6.93. The number of para-hydroxylation sites is 2. The summed E-state index contributed by atoms with van der Waals surface area (Å²) in [6.07, 6.45) is 0. The van der Waals surface area contributed by atoms with E-state index in [4.69, 9.17) is 4.42 Å². The van der Waals surface area contributed by atoms with Gasteiger partial charge in [-0.15, -0.1) is 0 Å². The lowest BCUT2D eigenvalue weighted by Crippen LogP contribution is -2.10. The van der Waals surface area contributed by atoms with Crippen LogP contribution in [0.2, 0.25) is 0 Å². The Bertz CT molecular complexity index is 3540. The Kier molecular flexibility index (Phi) is 7.54. The molecule has 0 unspecified atom stereocenters. The van der Waals surface area contributed by atoms with Crippen LogP contribution < -0.4 is 4.90 Å². The molecule has 0 aliphatic carbocycles. The van der Waals surface area contributed by atoms with Crippen LogP contribution in [0.1, 0.15) is 0 Å². The van der Waals surface area contributed by atoms with Crippen LogP contribution in [0, 0.1) is 0 Å². The van der Waals surface area contributed by atoms with E-state index in [1.807, 2.05) is 0 Å². The van der Waals surface area contributed by atoms with Gasteiger partial charge in [0.25, 0.3) is 0 Å². The number of anilines is 3. The molecule has 0 bridgehead atoms. The molecule has 3 nitrogen and oxygen atoms in total. The number of rotatable bonds is 6. The minimum absolute atomic E-state index is 0.847. The zero-order valence-electron chi connectivity index (χ0n) is 32.1. The Hall–Kier alpha value is -7.88. The van der Waals surface area contributed by atoms with Gasteiger partial charge in [-0.1, -0.05) is 152 Å². The second-order valence-electron chi connectivity index (χ2n) is 15.3. The molecule has 12 rings (SSSR count). The molecule has 10 aromatic carbocycles. The van der Waals surface area contributed by atoms with E-state index in [-0.39, 0.29) is 0 Å². The van der Waals surface area contributed by atoms with Crippen molar-refractivity contribution in [1.29, 1.82) is 0 Å². The largest absolute Gasteiger partial charge is 0.456 e. The highest BCUT2D eigenvalue weighted by Crippen LogP contribution is 2.47. The van der Waals surface area contributed by atoms with Gasteiger partial charge in [0, 0.05) is 44.7 Å². The highest BCUT2D eigenvalue weighted by molar-refractivity contribution is 6.24. The van der Waals surface area contributed by atoms with E-state index in [0.717, 1.165) is 61.3 Å². The highest BCUT2D eigenvalue weighted by Gasteiger charge is 2.22. The van der Waals surface area contributed by atoms with Gasteiger partial charge < -0.3 is 13.9 Å². The molecule has 0 radical (unpaired) electrons. The summed E-state index contributed by atoms with van der Waals surface area (Å²) in [5, 5.41) is 9.46. The van der Waals surface area contributed by atoms with Crippen LogP contribution in [0.3, 0.4) is 0 Å². The number of benzene rings is 10. The van der Waals surface area contributed by atoms with Crippen LogP contribution in [0.5, 0.6) is 0 Å². The van der Waals surface area contributed by atoms with E-state index in [2.05, 4.69) is 228 Å². The number of hydrogen-bond acceptors (Lipinski definition) is 2. The number of hydrogen-bond donors (Lipinski definition) is 0. The summed E-state index contributed by atoms with van der Waals surface area (Å²) < 4.78 is 9.33. The molecule has 0 aliphatic rings. The maximum atomic E-state index is 6.93. The molecule has 0 saturated carbocycles. The average Bonchev–Trinajstić information content (AvgIpc) is 3.85. The van der Waals surface area contributed by atoms with E-state index in [1.165, 1.54) is 49.0 Å². The SMILES string of the molecule is c1ccc(-c2ccc(N(c3ccc4ccccc4c3)c3cc(-c4ccc5c6ccccc6n(-c6ccccc6)c5c4)c4c(c3)oc3ccc5ccccc5c34)cc2)cc1. The third-order valence-corrected chi connectivity index (χ3v) is 11.9.